The van der Waals surface area contributed by atoms with E-state index in [2.05, 4.69) is 0 Å². The van der Waals surface area contributed by atoms with E-state index in [4.69, 9.17) is 18.7 Å². The number of hydrogen-bond donors (Lipinski definition) is 0. The van der Waals surface area contributed by atoms with Crippen molar-refractivity contribution in [2.24, 2.45) is 0 Å². The zero-order valence-corrected chi connectivity index (χ0v) is 13.0. The molecule has 0 amide bonds. The minimum Gasteiger partial charge on any atom is -0.466 e. The standard InChI is InChI=1S/C12H22O7P/c1-4-16-7-8-20(15)19-10(12(14)18-6-3)9-11(13)17-5-2/h10H,4-9H2,1-3H3/q+1. The molecule has 0 saturated heterocycles. The Hall–Kier alpha value is -1.04. The Morgan fingerprint density at radius 2 is 1.70 bits per heavy atom. The van der Waals surface area contributed by atoms with Crippen LogP contribution in [0.15, 0.2) is 0 Å². The van der Waals surface area contributed by atoms with Crippen LogP contribution in [0.1, 0.15) is 27.2 Å². The summed E-state index contributed by atoms with van der Waals surface area (Å²) < 4.78 is 31.3. The van der Waals surface area contributed by atoms with Crippen LogP contribution in [0.25, 0.3) is 0 Å². The van der Waals surface area contributed by atoms with Crippen LogP contribution in [0.5, 0.6) is 0 Å². The first kappa shape index (κ1) is 19.0. The van der Waals surface area contributed by atoms with Crippen molar-refractivity contribution in [3.05, 3.63) is 0 Å². The number of rotatable bonds is 11. The van der Waals surface area contributed by atoms with Crippen molar-refractivity contribution in [2.75, 3.05) is 32.6 Å². The Morgan fingerprint density at radius 3 is 2.25 bits per heavy atom. The van der Waals surface area contributed by atoms with Gasteiger partial charge in [-0.25, -0.2) is 4.79 Å². The Kier molecular flexibility index (Phi) is 11.1. The van der Waals surface area contributed by atoms with Crippen LogP contribution in [-0.4, -0.2) is 50.6 Å². The molecule has 0 fully saturated rings. The lowest BCUT2D eigenvalue weighted by Crippen LogP contribution is -2.28. The van der Waals surface area contributed by atoms with Crippen molar-refractivity contribution < 1.29 is 32.9 Å². The molecular formula is C12H22O7P+. The molecular weight excluding hydrogens is 287 g/mol. The maximum absolute atomic E-state index is 11.7. The van der Waals surface area contributed by atoms with E-state index in [1.807, 2.05) is 6.92 Å². The predicted octanol–water partition coefficient (Wildman–Crippen LogP) is 1.67. The molecule has 2 atom stereocenters. The van der Waals surface area contributed by atoms with Crippen molar-refractivity contribution in [3.8, 4) is 0 Å². The molecule has 0 aliphatic carbocycles. The highest BCUT2D eigenvalue weighted by Gasteiger charge is 2.34. The fourth-order valence-electron chi connectivity index (χ4n) is 1.25. The summed E-state index contributed by atoms with van der Waals surface area (Å²) in [7, 11) is -2.10. The van der Waals surface area contributed by atoms with E-state index in [9.17, 15) is 14.2 Å². The molecule has 0 rings (SSSR count). The molecule has 0 aromatic carbocycles. The minimum absolute atomic E-state index is 0.150. The maximum atomic E-state index is 11.7. The smallest absolute Gasteiger partial charge is 0.466 e. The summed E-state index contributed by atoms with van der Waals surface area (Å²) in [6.45, 7) is 6.22. The molecule has 0 spiro atoms. The predicted molar refractivity (Wildman–Crippen MR) is 71.7 cm³/mol. The molecule has 7 nitrogen and oxygen atoms in total. The van der Waals surface area contributed by atoms with Crippen molar-refractivity contribution in [1.29, 1.82) is 0 Å². The fraction of sp³-hybridized carbons (Fsp3) is 0.833. The van der Waals surface area contributed by atoms with Crippen LogP contribution in [0.3, 0.4) is 0 Å². The first-order valence-electron chi connectivity index (χ1n) is 6.56. The molecule has 0 aromatic heterocycles. The molecule has 0 heterocycles. The second-order valence-electron chi connectivity index (χ2n) is 3.61. The average Bonchev–Trinajstić information content (AvgIpc) is 2.39. The van der Waals surface area contributed by atoms with Crippen LogP contribution in [0.2, 0.25) is 0 Å². The molecule has 0 aliphatic heterocycles. The maximum Gasteiger partial charge on any atom is 0.511 e. The third-order valence-corrected chi connectivity index (χ3v) is 3.11. The van der Waals surface area contributed by atoms with Crippen molar-refractivity contribution >= 4 is 20.0 Å². The second-order valence-corrected chi connectivity index (χ2v) is 4.93. The Bertz CT molecular complexity index is 319. The van der Waals surface area contributed by atoms with E-state index in [1.54, 1.807) is 13.8 Å². The first-order valence-corrected chi connectivity index (χ1v) is 7.92. The van der Waals surface area contributed by atoms with E-state index in [1.165, 1.54) is 0 Å². The third-order valence-electron chi connectivity index (χ3n) is 2.07. The van der Waals surface area contributed by atoms with Crippen LogP contribution in [0, 0.1) is 0 Å². The van der Waals surface area contributed by atoms with Gasteiger partial charge >= 0.3 is 20.0 Å². The van der Waals surface area contributed by atoms with Gasteiger partial charge in [0.1, 0.15) is 0 Å². The lowest BCUT2D eigenvalue weighted by atomic mass is 10.2. The number of hydrogen-bond acceptors (Lipinski definition) is 7. The summed E-state index contributed by atoms with van der Waals surface area (Å²) in [5.74, 6) is -1.32. The highest BCUT2D eigenvalue weighted by molar-refractivity contribution is 7.39. The van der Waals surface area contributed by atoms with E-state index in [0.717, 1.165) is 0 Å². The van der Waals surface area contributed by atoms with Gasteiger partial charge in [-0.05, 0) is 25.3 Å². The molecule has 2 unspecified atom stereocenters. The second kappa shape index (κ2) is 11.8. The zero-order chi connectivity index (χ0) is 15.4. The molecule has 8 heteroatoms. The van der Waals surface area contributed by atoms with Crippen molar-refractivity contribution in [2.45, 2.75) is 33.3 Å². The molecule has 0 aliphatic rings. The van der Waals surface area contributed by atoms with Crippen LogP contribution in [0.4, 0.5) is 0 Å². The Balaban J connectivity index is 4.40. The van der Waals surface area contributed by atoms with Crippen LogP contribution >= 0.6 is 8.03 Å². The molecule has 0 N–H and O–H groups in total. The molecule has 0 aromatic rings. The highest BCUT2D eigenvalue weighted by atomic mass is 31.1. The summed E-state index contributed by atoms with van der Waals surface area (Å²) in [6, 6.07) is 0. The number of carbonyl (C=O) groups is 2. The highest BCUT2D eigenvalue weighted by Crippen LogP contribution is 2.26. The zero-order valence-electron chi connectivity index (χ0n) is 12.1. The van der Waals surface area contributed by atoms with E-state index in [0.29, 0.717) is 6.61 Å². The molecule has 20 heavy (non-hydrogen) atoms. The van der Waals surface area contributed by atoms with Gasteiger partial charge in [-0.3, -0.25) is 4.79 Å². The van der Waals surface area contributed by atoms with E-state index >= 15 is 0 Å². The summed E-state index contributed by atoms with van der Waals surface area (Å²) in [5, 5.41) is 0. The van der Waals surface area contributed by atoms with Crippen LogP contribution in [-0.2, 0) is 32.9 Å². The Morgan fingerprint density at radius 1 is 1.05 bits per heavy atom. The molecule has 0 radical (unpaired) electrons. The summed E-state index contributed by atoms with van der Waals surface area (Å²) in [4.78, 5) is 23.0. The molecule has 0 bridgehead atoms. The summed E-state index contributed by atoms with van der Waals surface area (Å²) >= 11 is 0. The number of carbonyl (C=O) groups excluding carboxylic acids is 2. The lowest BCUT2D eigenvalue weighted by molar-refractivity contribution is -0.157. The largest absolute Gasteiger partial charge is 0.511 e. The van der Waals surface area contributed by atoms with Gasteiger partial charge in [-0.1, -0.05) is 0 Å². The van der Waals surface area contributed by atoms with E-state index < -0.39 is 26.1 Å². The quantitative estimate of drug-likeness (QED) is 0.326. The summed E-state index contributed by atoms with van der Waals surface area (Å²) in [6.07, 6.45) is -1.37. The Labute approximate surface area is 119 Å². The normalized spacial score (nSPS) is 12.7. The molecule has 116 valence electrons. The van der Waals surface area contributed by atoms with Gasteiger partial charge in [0, 0.05) is 6.61 Å². The molecule has 0 saturated carbocycles. The minimum atomic E-state index is -2.10. The van der Waals surface area contributed by atoms with Gasteiger partial charge in [-0.2, -0.15) is 0 Å². The SMILES string of the molecule is CCOCC[P+](=O)OC(CC(=O)OCC)C(=O)OCC. The van der Waals surface area contributed by atoms with Gasteiger partial charge in [0.2, 0.25) is 12.3 Å². The van der Waals surface area contributed by atoms with Crippen LogP contribution < -0.4 is 0 Å². The topological polar surface area (TPSA) is 88.1 Å². The first-order chi connectivity index (χ1) is 9.54. The number of ether oxygens (including phenoxy) is 3. The van der Waals surface area contributed by atoms with Crippen molar-refractivity contribution in [3.63, 3.8) is 0 Å². The van der Waals surface area contributed by atoms with Crippen molar-refractivity contribution in [1.82, 2.24) is 0 Å². The average molecular weight is 309 g/mol. The van der Waals surface area contributed by atoms with Gasteiger partial charge < -0.3 is 14.2 Å². The third kappa shape index (κ3) is 8.96. The fourth-order valence-corrected chi connectivity index (χ4v) is 2.08. The van der Waals surface area contributed by atoms with Gasteiger partial charge in [-0.15, -0.1) is 4.52 Å². The lowest BCUT2D eigenvalue weighted by Gasteiger charge is -2.09. The number of esters is 2. The van der Waals surface area contributed by atoms with Gasteiger partial charge in [0.15, 0.2) is 0 Å². The monoisotopic (exact) mass is 309 g/mol. The van der Waals surface area contributed by atoms with Gasteiger partial charge in [0.25, 0.3) is 0 Å². The summed E-state index contributed by atoms with van der Waals surface area (Å²) in [5.41, 5.74) is 0. The van der Waals surface area contributed by atoms with Gasteiger partial charge in [0.05, 0.1) is 26.2 Å². The van der Waals surface area contributed by atoms with E-state index in [-0.39, 0.29) is 32.4 Å².